The molecule has 0 aromatic heterocycles. The van der Waals surface area contributed by atoms with Gasteiger partial charge in [-0.2, -0.15) is 0 Å². The van der Waals surface area contributed by atoms with Gasteiger partial charge in [0.1, 0.15) is 17.7 Å². The summed E-state index contributed by atoms with van der Waals surface area (Å²) in [6.07, 6.45) is 1.49. The van der Waals surface area contributed by atoms with Crippen molar-refractivity contribution in [2.45, 2.75) is 32.0 Å². The third kappa shape index (κ3) is 4.27. The predicted molar refractivity (Wildman–Crippen MR) is 124 cm³/mol. The quantitative estimate of drug-likeness (QED) is 0.490. The van der Waals surface area contributed by atoms with Crippen LogP contribution in [0.25, 0.3) is 0 Å². The zero-order valence-electron chi connectivity index (χ0n) is 17.1. The molecule has 0 aliphatic carbocycles. The van der Waals surface area contributed by atoms with Gasteiger partial charge in [0.25, 0.3) is 0 Å². The van der Waals surface area contributed by atoms with Crippen molar-refractivity contribution in [1.82, 2.24) is 5.32 Å². The summed E-state index contributed by atoms with van der Waals surface area (Å²) in [5.41, 5.74) is 5.37. The van der Waals surface area contributed by atoms with Crippen LogP contribution in [-0.4, -0.2) is 17.9 Å². The Bertz CT molecular complexity index is 1060. The van der Waals surface area contributed by atoms with Crippen LogP contribution in [0.4, 0.5) is 0 Å². The Kier molecular flexibility index (Phi) is 6.21. The molecule has 1 heterocycles. The van der Waals surface area contributed by atoms with Gasteiger partial charge in [-0.3, -0.25) is 10.3 Å². The first-order chi connectivity index (χ1) is 14.6. The van der Waals surface area contributed by atoms with Gasteiger partial charge in [0.05, 0.1) is 11.6 Å². The zero-order chi connectivity index (χ0) is 21.1. The first-order valence-corrected chi connectivity index (χ1v) is 10.9. The summed E-state index contributed by atoms with van der Waals surface area (Å²) in [7, 11) is 1.66. The van der Waals surface area contributed by atoms with Gasteiger partial charge >= 0.3 is 0 Å². The topological polar surface area (TPSA) is 53.8 Å². The van der Waals surface area contributed by atoms with Gasteiger partial charge in [0.15, 0.2) is 0 Å². The minimum atomic E-state index is -0.230. The van der Waals surface area contributed by atoms with Crippen molar-refractivity contribution < 1.29 is 9.84 Å². The highest BCUT2D eigenvalue weighted by atomic mass is 79.9. The molecule has 0 amide bonds. The monoisotopic (exact) mass is 464 g/mol. The molecule has 1 aliphatic rings. The number of hydrogen-bond acceptors (Lipinski definition) is 4. The lowest BCUT2D eigenvalue weighted by atomic mass is 9.93. The lowest BCUT2D eigenvalue weighted by Gasteiger charge is -2.31. The van der Waals surface area contributed by atoms with E-state index in [4.69, 9.17) is 9.73 Å². The van der Waals surface area contributed by atoms with Crippen molar-refractivity contribution in [3.05, 3.63) is 93.5 Å². The van der Waals surface area contributed by atoms with E-state index in [-0.39, 0.29) is 12.2 Å². The normalized spacial score (nSPS) is 18.7. The van der Waals surface area contributed by atoms with E-state index in [0.29, 0.717) is 12.2 Å². The average molecular weight is 465 g/mol. The van der Waals surface area contributed by atoms with Crippen molar-refractivity contribution in [2.75, 3.05) is 7.11 Å². The molecule has 4 nitrogen and oxygen atoms in total. The molecule has 154 valence electrons. The molecule has 0 fully saturated rings. The van der Waals surface area contributed by atoms with Gasteiger partial charge in [-0.05, 0) is 57.2 Å². The number of benzene rings is 3. The van der Waals surface area contributed by atoms with Crippen LogP contribution in [0.1, 0.15) is 47.8 Å². The maximum Gasteiger partial charge on any atom is 0.133 e. The van der Waals surface area contributed by atoms with E-state index in [1.54, 1.807) is 13.2 Å². The first-order valence-electron chi connectivity index (χ1n) is 10.1. The number of halogens is 1. The highest BCUT2D eigenvalue weighted by Crippen LogP contribution is 2.36. The molecular formula is C25H25BrN2O2. The molecule has 1 aliphatic heterocycles. The summed E-state index contributed by atoms with van der Waals surface area (Å²) in [6.45, 7) is 2.16. The summed E-state index contributed by atoms with van der Waals surface area (Å²) in [4.78, 5) is 5.04. The third-order valence-electron chi connectivity index (χ3n) is 5.54. The van der Waals surface area contributed by atoms with Crippen LogP contribution < -0.4 is 10.1 Å². The molecule has 0 spiro atoms. The number of aromatic hydroxyl groups is 1. The lowest BCUT2D eigenvalue weighted by Crippen LogP contribution is -2.33. The van der Waals surface area contributed by atoms with Crippen LogP contribution in [0.15, 0.2) is 76.2 Å². The van der Waals surface area contributed by atoms with Gasteiger partial charge in [-0.15, -0.1) is 0 Å². The average Bonchev–Trinajstić information content (AvgIpc) is 2.79. The highest BCUT2D eigenvalue weighted by Gasteiger charge is 2.27. The van der Waals surface area contributed by atoms with Gasteiger partial charge in [0.2, 0.25) is 0 Å². The largest absolute Gasteiger partial charge is 0.508 e. The van der Waals surface area contributed by atoms with E-state index in [1.807, 2.05) is 36.4 Å². The number of rotatable bonds is 5. The molecule has 0 unspecified atom stereocenters. The van der Waals surface area contributed by atoms with Crippen molar-refractivity contribution in [2.24, 2.45) is 4.99 Å². The van der Waals surface area contributed by atoms with E-state index < -0.39 is 0 Å². The minimum Gasteiger partial charge on any atom is -0.508 e. The summed E-state index contributed by atoms with van der Waals surface area (Å²) in [5, 5.41) is 14.1. The number of nitrogens with one attached hydrogen (secondary N) is 1. The minimum absolute atomic E-state index is 0.0459. The Balaban J connectivity index is 1.74. The number of hydrogen-bond donors (Lipinski definition) is 2. The molecule has 3 aromatic rings. The lowest BCUT2D eigenvalue weighted by molar-refractivity contribution is 0.406. The molecular weight excluding hydrogens is 440 g/mol. The fraction of sp³-hybridized carbons (Fsp3) is 0.240. The number of phenols is 1. The number of methoxy groups -OCH3 is 1. The van der Waals surface area contributed by atoms with Gasteiger partial charge in [-0.1, -0.05) is 55.5 Å². The SMILES string of the molecule is CCc1ccc(C2=N[C@H](c3ccc(OC)c(Br)c3)N[C@H](c3ccccc3O)C2)cc1. The third-order valence-corrected chi connectivity index (χ3v) is 6.16. The van der Waals surface area contributed by atoms with E-state index in [2.05, 4.69) is 52.4 Å². The zero-order valence-corrected chi connectivity index (χ0v) is 18.7. The van der Waals surface area contributed by atoms with Gasteiger partial charge in [-0.25, -0.2) is 0 Å². The Morgan fingerprint density at radius 3 is 2.53 bits per heavy atom. The Morgan fingerprint density at radius 1 is 1.10 bits per heavy atom. The van der Waals surface area contributed by atoms with Crippen LogP contribution in [0, 0.1) is 0 Å². The van der Waals surface area contributed by atoms with Crippen molar-refractivity contribution >= 4 is 21.6 Å². The molecule has 0 bridgehead atoms. The Hall–Kier alpha value is -2.63. The van der Waals surface area contributed by atoms with E-state index >= 15 is 0 Å². The van der Waals surface area contributed by atoms with Crippen LogP contribution >= 0.6 is 15.9 Å². The number of aliphatic imine (C=N–C) groups is 1. The molecule has 0 radical (unpaired) electrons. The van der Waals surface area contributed by atoms with Gasteiger partial charge in [0, 0.05) is 23.7 Å². The van der Waals surface area contributed by atoms with Crippen LogP contribution in [0.5, 0.6) is 11.5 Å². The first kappa shape index (κ1) is 20.6. The second-order valence-corrected chi connectivity index (χ2v) is 8.26. The molecule has 30 heavy (non-hydrogen) atoms. The predicted octanol–water partition coefficient (Wildman–Crippen LogP) is 5.95. The fourth-order valence-electron chi connectivity index (χ4n) is 3.82. The van der Waals surface area contributed by atoms with Gasteiger partial charge < -0.3 is 9.84 Å². The van der Waals surface area contributed by atoms with E-state index in [0.717, 1.165) is 39.0 Å². The number of phenolic OH excluding ortho intramolecular Hbond substituents is 1. The standard InChI is InChI=1S/C25H25BrN2O2/c1-3-16-8-10-17(11-9-16)21-15-22(19-6-4-5-7-23(19)29)28-25(27-21)18-12-13-24(30-2)20(26)14-18/h4-14,22,25,28-29H,3,15H2,1-2H3/t22-,25-/m0/s1. The molecule has 0 saturated carbocycles. The number of aryl methyl sites for hydroxylation is 1. The summed E-state index contributed by atoms with van der Waals surface area (Å²) >= 11 is 3.58. The second-order valence-electron chi connectivity index (χ2n) is 7.40. The molecule has 3 aromatic carbocycles. The molecule has 2 N–H and O–H groups in total. The Labute approximate surface area is 185 Å². The molecule has 5 heteroatoms. The highest BCUT2D eigenvalue weighted by molar-refractivity contribution is 9.10. The molecule has 4 rings (SSSR count). The second kappa shape index (κ2) is 9.02. The maximum absolute atomic E-state index is 10.5. The molecule has 0 saturated heterocycles. The fourth-order valence-corrected chi connectivity index (χ4v) is 4.38. The van der Waals surface area contributed by atoms with Crippen LogP contribution in [0.3, 0.4) is 0 Å². The van der Waals surface area contributed by atoms with E-state index in [9.17, 15) is 5.11 Å². The summed E-state index contributed by atoms with van der Waals surface area (Å²) in [6, 6.07) is 22.1. The number of para-hydroxylation sites is 1. The van der Waals surface area contributed by atoms with Crippen molar-refractivity contribution in [1.29, 1.82) is 0 Å². The summed E-state index contributed by atoms with van der Waals surface area (Å²) in [5.74, 6) is 1.08. The maximum atomic E-state index is 10.5. The number of ether oxygens (including phenoxy) is 1. The Morgan fingerprint density at radius 2 is 1.87 bits per heavy atom. The smallest absolute Gasteiger partial charge is 0.133 e. The van der Waals surface area contributed by atoms with Crippen molar-refractivity contribution in [3.63, 3.8) is 0 Å². The summed E-state index contributed by atoms with van der Waals surface area (Å²) < 4.78 is 6.26. The van der Waals surface area contributed by atoms with E-state index in [1.165, 1.54) is 5.56 Å². The van der Waals surface area contributed by atoms with Crippen LogP contribution in [-0.2, 0) is 6.42 Å². The van der Waals surface area contributed by atoms with Crippen LogP contribution in [0.2, 0.25) is 0 Å². The van der Waals surface area contributed by atoms with Crippen molar-refractivity contribution in [3.8, 4) is 11.5 Å². The number of nitrogens with zero attached hydrogens (tertiary/aromatic N) is 1. The molecule has 2 atom stereocenters.